The molecule has 38 heavy (non-hydrogen) atoms. The van der Waals surface area contributed by atoms with Crippen LogP contribution in [0.3, 0.4) is 0 Å². The molecule has 5 rings (SSSR count). The van der Waals surface area contributed by atoms with E-state index in [1.807, 2.05) is 25.7 Å². The van der Waals surface area contributed by atoms with E-state index in [9.17, 15) is 18.0 Å². The summed E-state index contributed by atoms with van der Waals surface area (Å²) < 4.78 is 35.5. The fourth-order valence-electron chi connectivity index (χ4n) is 4.70. The first kappa shape index (κ1) is 26.6. The fourth-order valence-corrected chi connectivity index (χ4v) is 6.92. The third-order valence-electron chi connectivity index (χ3n) is 6.62. The summed E-state index contributed by atoms with van der Waals surface area (Å²) in [5, 5.41) is 2.52. The number of hydrogen-bond donors (Lipinski definition) is 0. The van der Waals surface area contributed by atoms with Crippen LogP contribution < -0.4 is 10.3 Å². The van der Waals surface area contributed by atoms with Gasteiger partial charge in [0.15, 0.2) is 10.8 Å². The number of nitrogens with zero attached hydrogens (tertiary/aromatic N) is 6. The molecule has 0 saturated carbocycles. The first-order valence-corrected chi connectivity index (χ1v) is 15.1. The van der Waals surface area contributed by atoms with Crippen LogP contribution in [0.4, 0.5) is 10.6 Å². The average molecular weight is 561 g/mol. The van der Waals surface area contributed by atoms with Gasteiger partial charge in [0.2, 0.25) is 15.5 Å². The van der Waals surface area contributed by atoms with E-state index in [2.05, 4.69) is 4.98 Å². The third-order valence-corrected chi connectivity index (χ3v) is 9.28. The predicted molar refractivity (Wildman–Crippen MR) is 146 cm³/mol. The predicted octanol–water partition coefficient (Wildman–Crippen LogP) is 3.07. The molecule has 0 N–H and O–H groups in total. The molecule has 3 aromatic rings. The van der Waals surface area contributed by atoms with Crippen molar-refractivity contribution < 1.29 is 17.9 Å². The number of carbonyl (C=O) groups is 1. The highest BCUT2D eigenvalue weighted by Crippen LogP contribution is 2.26. The number of amides is 1. The Kier molecular flexibility index (Phi) is 7.18. The van der Waals surface area contributed by atoms with Gasteiger partial charge in [0.25, 0.3) is 0 Å². The van der Waals surface area contributed by atoms with Crippen LogP contribution in [0.25, 0.3) is 16.2 Å². The van der Waals surface area contributed by atoms with Crippen molar-refractivity contribution >= 4 is 44.3 Å². The highest BCUT2D eigenvalue weighted by atomic mass is 32.2. The minimum absolute atomic E-state index is 0.217. The number of ether oxygens (including phenoxy) is 1. The van der Waals surface area contributed by atoms with Gasteiger partial charge in [0.05, 0.1) is 5.39 Å². The molecule has 0 bridgehead atoms. The van der Waals surface area contributed by atoms with Crippen LogP contribution in [0.15, 0.2) is 39.6 Å². The number of anilines is 1. The number of thiazole rings is 1. The van der Waals surface area contributed by atoms with Gasteiger partial charge in [0, 0.05) is 57.0 Å². The van der Waals surface area contributed by atoms with Crippen LogP contribution >= 0.6 is 11.3 Å². The Balaban J connectivity index is 1.49. The van der Waals surface area contributed by atoms with Crippen molar-refractivity contribution in [3.8, 4) is 5.13 Å². The van der Waals surface area contributed by atoms with Crippen molar-refractivity contribution in [2.24, 2.45) is 0 Å². The average Bonchev–Trinajstić information content (AvgIpc) is 3.43. The second-order valence-electron chi connectivity index (χ2n) is 10.5. The number of aromatic nitrogens is 3. The highest BCUT2D eigenvalue weighted by Gasteiger charge is 2.31. The Morgan fingerprint density at radius 3 is 2.37 bits per heavy atom. The Morgan fingerprint density at radius 2 is 1.74 bits per heavy atom. The second-order valence-corrected chi connectivity index (χ2v) is 13.2. The molecule has 0 aliphatic carbocycles. The normalized spacial score (nSPS) is 17.7. The minimum atomic E-state index is -3.97. The van der Waals surface area contributed by atoms with Gasteiger partial charge in [-0.05, 0) is 45.7 Å². The first-order valence-electron chi connectivity index (χ1n) is 12.7. The van der Waals surface area contributed by atoms with Gasteiger partial charge >= 0.3 is 6.09 Å². The number of piperazine rings is 1. The smallest absolute Gasteiger partial charge is 0.410 e. The van der Waals surface area contributed by atoms with E-state index in [0.29, 0.717) is 55.9 Å². The summed E-state index contributed by atoms with van der Waals surface area (Å²) in [7, 11) is -3.97. The van der Waals surface area contributed by atoms with E-state index in [0.717, 1.165) is 19.3 Å². The molecule has 13 heteroatoms. The molecule has 204 valence electrons. The van der Waals surface area contributed by atoms with Crippen molar-refractivity contribution in [2.45, 2.75) is 50.5 Å². The third kappa shape index (κ3) is 5.27. The summed E-state index contributed by atoms with van der Waals surface area (Å²) in [6.45, 7) is 8.36. The Hall–Kier alpha value is -3.03. The molecule has 2 fully saturated rings. The number of piperidine rings is 1. The number of fused-ring (bicyclic) bond motifs is 1. The van der Waals surface area contributed by atoms with Crippen LogP contribution in [-0.2, 0) is 14.8 Å². The van der Waals surface area contributed by atoms with Crippen molar-refractivity contribution in [3.05, 3.63) is 40.1 Å². The van der Waals surface area contributed by atoms with Crippen LogP contribution in [0.2, 0.25) is 0 Å². The van der Waals surface area contributed by atoms with Crippen molar-refractivity contribution in [1.82, 2.24) is 23.7 Å². The molecule has 2 saturated heterocycles. The summed E-state index contributed by atoms with van der Waals surface area (Å²) in [5.74, 6) is 0.637. The maximum absolute atomic E-state index is 13.5. The molecular weight excluding hydrogens is 528 g/mol. The molecule has 2 aliphatic rings. The molecule has 0 spiro atoms. The maximum atomic E-state index is 13.5. The molecule has 5 heterocycles. The standard InChI is InChI=1S/C25H32N6O5S2/c1-25(2,3)36-24(33)29-14-12-28(13-15-29)20-8-7-18-21(32)19(38(34,35)30-10-5-4-6-11-30)17-31(22(18)27-20)23-26-9-16-37-23/h7-9,16-17H,4-6,10-15H2,1-3H3. The molecular formula is C25H32N6O5S2. The summed E-state index contributed by atoms with van der Waals surface area (Å²) in [5.41, 5.74) is -0.782. The van der Waals surface area contributed by atoms with E-state index < -0.39 is 21.1 Å². The van der Waals surface area contributed by atoms with Gasteiger partial charge in [0.1, 0.15) is 16.3 Å². The molecule has 0 radical (unpaired) electrons. The number of pyridine rings is 2. The lowest BCUT2D eigenvalue weighted by Gasteiger charge is -2.36. The highest BCUT2D eigenvalue weighted by molar-refractivity contribution is 7.89. The van der Waals surface area contributed by atoms with Crippen molar-refractivity contribution in [1.29, 1.82) is 0 Å². The molecule has 0 aromatic carbocycles. The SMILES string of the molecule is CC(C)(C)OC(=O)N1CCN(c2ccc3c(=O)c(S(=O)(=O)N4CCCCC4)cn(-c4nccs4)c3n2)CC1. The number of sulfonamides is 1. The van der Waals surface area contributed by atoms with Gasteiger partial charge in [-0.25, -0.2) is 23.2 Å². The number of carbonyl (C=O) groups excluding carboxylic acids is 1. The summed E-state index contributed by atoms with van der Waals surface area (Å²) in [6.07, 6.45) is 5.18. The van der Waals surface area contributed by atoms with Gasteiger partial charge in [-0.1, -0.05) is 6.42 Å². The van der Waals surface area contributed by atoms with Crippen LogP contribution in [0.5, 0.6) is 0 Å². The quantitative estimate of drug-likeness (QED) is 0.478. The number of hydrogen-bond acceptors (Lipinski definition) is 9. The van der Waals surface area contributed by atoms with E-state index in [1.54, 1.807) is 33.2 Å². The van der Waals surface area contributed by atoms with E-state index in [1.165, 1.54) is 21.8 Å². The lowest BCUT2D eigenvalue weighted by Crippen LogP contribution is -2.50. The summed E-state index contributed by atoms with van der Waals surface area (Å²) in [6, 6.07) is 3.37. The van der Waals surface area contributed by atoms with Crippen molar-refractivity contribution in [3.63, 3.8) is 0 Å². The first-order chi connectivity index (χ1) is 18.0. The van der Waals surface area contributed by atoms with E-state index in [4.69, 9.17) is 9.72 Å². The largest absolute Gasteiger partial charge is 0.444 e. The minimum Gasteiger partial charge on any atom is -0.444 e. The fraction of sp³-hybridized carbons (Fsp3) is 0.520. The zero-order valence-electron chi connectivity index (χ0n) is 21.8. The molecule has 0 unspecified atom stereocenters. The summed E-state index contributed by atoms with van der Waals surface area (Å²) in [4.78, 5) is 38.6. The lowest BCUT2D eigenvalue weighted by atomic mass is 10.2. The molecule has 3 aromatic heterocycles. The lowest BCUT2D eigenvalue weighted by molar-refractivity contribution is 0.0240. The Morgan fingerprint density at radius 1 is 1.03 bits per heavy atom. The molecule has 2 aliphatic heterocycles. The number of rotatable bonds is 4. The van der Waals surface area contributed by atoms with Crippen LogP contribution in [0, 0.1) is 0 Å². The summed E-state index contributed by atoms with van der Waals surface area (Å²) >= 11 is 1.33. The van der Waals surface area contributed by atoms with Gasteiger partial charge < -0.3 is 14.5 Å². The molecule has 11 nitrogen and oxygen atoms in total. The van der Waals surface area contributed by atoms with Gasteiger partial charge in [-0.2, -0.15) is 4.31 Å². The molecule has 1 amide bonds. The zero-order valence-corrected chi connectivity index (χ0v) is 23.4. The van der Waals surface area contributed by atoms with Gasteiger partial charge in [-0.15, -0.1) is 11.3 Å². The molecule has 0 atom stereocenters. The zero-order chi connectivity index (χ0) is 27.1. The van der Waals surface area contributed by atoms with Crippen molar-refractivity contribution in [2.75, 3.05) is 44.2 Å². The maximum Gasteiger partial charge on any atom is 0.410 e. The second kappa shape index (κ2) is 10.3. The van der Waals surface area contributed by atoms with E-state index in [-0.39, 0.29) is 16.4 Å². The Labute approximate surface area is 225 Å². The van der Waals surface area contributed by atoms with Crippen LogP contribution in [0.1, 0.15) is 40.0 Å². The van der Waals surface area contributed by atoms with Gasteiger partial charge in [-0.3, -0.25) is 9.36 Å². The Bertz CT molecular complexity index is 1480. The topological polar surface area (TPSA) is 118 Å². The van der Waals surface area contributed by atoms with E-state index >= 15 is 0 Å². The van der Waals surface area contributed by atoms with Crippen LogP contribution in [-0.4, -0.2) is 83.1 Å². The monoisotopic (exact) mass is 560 g/mol.